The van der Waals surface area contributed by atoms with E-state index in [2.05, 4.69) is 0 Å². The summed E-state index contributed by atoms with van der Waals surface area (Å²) in [7, 11) is -12.4. The van der Waals surface area contributed by atoms with Crippen LogP contribution in [-0.4, -0.2) is 44.3 Å². The molecule has 0 atom stereocenters. The summed E-state index contributed by atoms with van der Waals surface area (Å²) in [6, 6.07) is 0. The Labute approximate surface area is 102 Å². The number of hydrogen-bond acceptors (Lipinski definition) is 5. The van der Waals surface area contributed by atoms with Crippen molar-refractivity contribution in [3.8, 4) is 0 Å². The number of hydrogen-bond donors (Lipinski definition) is 0. The van der Waals surface area contributed by atoms with Crippen LogP contribution in [0.15, 0.2) is 0 Å². The second-order valence-corrected chi connectivity index (χ2v) is 6.75. The van der Waals surface area contributed by atoms with Crippen LogP contribution < -0.4 is 0 Å². The van der Waals surface area contributed by atoms with Crippen molar-refractivity contribution in [2.24, 2.45) is 0 Å². The van der Waals surface area contributed by atoms with Crippen LogP contribution in [0.3, 0.4) is 0 Å². The molecule has 1 saturated heterocycles. The zero-order valence-electron chi connectivity index (χ0n) is 8.89. The summed E-state index contributed by atoms with van der Waals surface area (Å²) < 4.78 is 91.9. The van der Waals surface area contributed by atoms with E-state index in [0.717, 1.165) is 0 Å². The van der Waals surface area contributed by atoms with Gasteiger partial charge in [0.2, 0.25) is 0 Å². The third-order valence-corrected chi connectivity index (χ3v) is 5.20. The van der Waals surface area contributed by atoms with Gasteiger partial charge in [0.05, 0.1) is 0 Å². The molecule has 0 N–H and O–H groups in total. The maximum Gasteiger partial charge on any atom is 0.514 e. The molecule has 0 saturated carbocycles. The molecule has 1 heterocycles. The van der Waals surface area contributed by atoms with Crippen molar-refractivity contribution >= 4 is 20.4 Å². The van der Waals surface area contributed by atoms with Gasteiger partial charge in [-0.15, -0.1) is 0 Å². The number of piperidine rings is 1. The Morgan fingerprint density at radius 3 is 1.72 bits per heavy atom. The lowest BCUT2D eigenvalue weighted by atomic mass is 10.2. The van der Waals surface area contributed by atoms with Crippen LogP contribution in [0.4, 0.5) is 17.1 Å². The van der Waals surface area contributed by atoms with Crippen LogP contribution in [0.2, 0.25) is 0 Å². The fourth-order valence-electron chi connectivity index (χ4n) is 1.54. The first-order valence-corrected chi connectivity index (χ1v) is 7.57. The van der Waals surface area contributed by atoms with E-state index in [4.69, 9.17) is 0 Å². The highest BCUT2D eigenvalue weighted by Gasteiger charge is 2.57. The summed E-state index contributed by atoms with van der Waals surface area (Å²) in [6.45, 7) is -0.559. The molecule has 0 spiro atoms. The van der Waals surface area contributed by atoms with Gasteiger partial charge in [0.1, 0.15) is 0 Å². The number of halogens is 4. The second-order valence-electron chi connectivity index (χ2n) is 3.59. The third-order valence-electron chi connectivity index (χ3n) is 2.25. The van der Waals surface area contributed by atoms with Gasteiger partial charge in [0.25, 0.3) is 0 Å². The summed E-state index contributed by atoms with van der Waals surface area (Å²) >= 11 is 0. The molecular formula is C6H10F4N2O4S2. The fraction of sp³-hybridized carbons (Fsp3) is 1.00. The van der Waals surface area contributed by atoms with Gasteiger partial charge >= 0.3 is 25.9 Å². The third kappa shape index (κ3) is 3.10. The summed E-state index contributed by atoms with van der Waals surface area (Å²) in [6.07, 6.45) is 1.15. The minimum absolute atomic E-state index is 0.277. The SMILES string of the molecule is O=S(=O)(F)N(N1CCCCC1)S(=O)(=O)C(F)(F)F. The summed E-state index contributed by atoms with van der Waals surface area (Å²) in [5, 5.41) is 0.335. The van der Waals surface area contributed by atoms with E-state index in [1.54, 1.807) is 0 Å². The van der Waals surface area contributed by atoms with Crippen molar-refractivity contribution < 1.29 is 33.9 Å². The minimum Gasteiger partial charge on any atom is -0.211 e. The van der Waals surface area contributed by atoms with Gasteiger partial charge in [-0.1, -0.05) is 10.3 Å². The van der Waals surface area contributed by atoms with Crippen molar-refractivity contribution in [3.05, 3.63) is 0 Å². The first-order chi connectivity index (χ1) is 7.98. The van der Waals surface area contributed by atoms with Gasteiger partial charge in [-0.2, -0.15) is 21.6 Å². The van der Waals surface area contributed by atoms with Crippen molar-refractivity contribution in [1.82, 2.24) is 8.83 Å². The Bertz CT molecular complexity index is 494. The van der Waals surface area contributed by atoms with Crippen LogP contribution in [0, 0.1) is 0 Å². The molecular weight excluding hydrogens is 304 g/mol. The highest BCUT2D eigenvalue weighted by atomic mass is 32.3. The minimum atomic E-state index is -6.30. The maximum atomic E-state index is 12.8. The average molecular weight is 314 g/mol. The number of alkyl halides is 3. The summed E-state index contributed by atoms with van der Waals surface area (Å²) in [5.74, 6) is 0. The maximum absolute atomic E-state index is 12.8. The molecule has 1 fully saturated rings. The van der Waals surface area contributed by atoms with Gasteiger partial charge in [-0.05, 0) is 12.8 Å². The Kier molecular flexibility index (Phi) is 4.25. The van der Waals surface area contributed by atoms with Crippen LogP contribution in [0.25, 0.3) is 0 Å². The molecule has 18 heavy (non-hydrogen) atoms. The monoisotopic (exact) mass is 314 g/mol. The molecule has 0 radical (unpaired) electrons. The smallest absolute Gasteiger partial charge is 0.211 e. The largest absolute Gasteiger partial charge is 0.514 e. The topological polar surface area (TPSA) is 74.8 Å². The predicted octanol–water partition coefficient (Wildman–Crippen LogP) is 0.753. The molecule has 0 amide bonds. The van der Waals surface area contributed by atoms with Crippen LogP contribution in [-0.2, 0) is 20.4 Å². The first-order valence-electron chi connectivity index (χ1n) is 4.79. The number of nitrogens with zero attached hydrogens (tertiary/aromatic N) is 2. The molecule has 0 aliphatic carbocycles. The Hall–Kier alpha value is -0.460. The first kappa shape index (κ1) is 15.6. The lowest BCUT2D eigenvalue weighted by molar-refractivity contribution is -0.0542. The van der Waals surface area contributed by atoms with Crippen molar-refractivity contribution in [1.29, 1.82) is 0 Å². The standard InChI is InChI=1S/C6H10F4N2O4S2/c7-6(8,9)17(13,14)12(18(10,15)16)11-4-2-1-3-5-11/h1-5H2. The molecule has 12 heteroatoms. The van der Waals surface area contributed by atoms with E-state index in [9.17, 15) is 33.9 Å². The van der Waals surface area contributed by atoms with Gasteiger partial charge < -0.3 is 0 Å². The normalized spacial score (nSPS) is 20.3. The molecule has 1 aliphatic rings. The zero-order valence-corrected chi connectivity index (χ0v) is 10.5. The van der Waals surface area contributed by atoms with E-state index >= 15 is 0 Å². The Morgan fingerprint density at radius 2 is 1.39 bits per heavy atom. The molecule has 6 nitrogen and oxygen atoms in total. The average Bonchev–Trinajstić information content (AvgIpc) is 2.14. The molecule has 0 unspecified atom stereocenters. The Morgan fingerprint density at radius 1 is 0.944 bits per heavy atom. The molecule has 0 aromatic rings. The quantitative estimate of drug-likeness (QED) is 0.568. The lowest BCUT2D eigenvalue weighted by Crippen LogP contribution is -2.54. The number of rotatable bonds is 3. The van der Waals surface area contributed by atoms with Crippen LogP contribution >= 0.6 is 0 Å². The van der Waals surface area contributed by atoms with Gasteiger partial charge in [-0.25, -0.2) is 13.4 Å². The molecule has 0 bridgehead atoms. The van der Waals surface area contributed by atoms with Crippen LogP contribution in [0.1, 0.15) is 19.3 Å². The molecule has 0 aromatic carbocycles. The van der Waals surface area contributed by atoms with Crippen molar-refractivity contribution in [2.75, 3.05) is 13.1 Å². The van der Waals surface area contributed by atoms with Gasteiger partial charge in [0, 0.05) is 16.9 Å². The second kappa shape index (κ2) is 4.90. The zero-order chi connectivity index (χ0) is 14.2. The number of sulfonamides is 1. The van der Waals surface area contributed by atoms with E-state index in [1.165, 1.54) is 0 Å². The van der Waals surface area contributed by atoms with E-state index in [1.807, 2.05) is 0 Å². The lowest BCUT2D eigenvalue weighted by Gasteiger charge is -2.32. The highest BCUT2D eigenvalue weighted by molar-refractivity contribution is 8.02. The van der Waals surface area contributed by atoms with E-state index < -0.39 is 29.8 Å². The molecule has 108 valence electrons. The van der Waals surface area contributed by atoms with E-state index in [-0.39, 0.29) is 25.9 Å². The van der Waals surface area contributed by atoms with Gasteiger partial charge in [-0.3, -0.25) is 0 Å². The predicted molar refractivity (Wildman–Crippen MR) is 52.3 cm³/mol. The molecule has 0 aromatic heterocycles. The molecule has 1 rings (SSSR count). The highest BCUT2D eigenvalue weighted by Crippen LogP contribution is 2.31. The number of hydrazine groups is 1. The van der Waals surface area contributed by atoms with Crippen LogP contribution in [0.5, 0.6) is 0 Å². The summed E-state index contributed by atoms with van der Waals surface area (Å²) in [5.41, 5.74) is -5.89. The van der Waals surface area contributed by atoms with Crippen molar-refractivity contribution in [2.45, 2.75) is 24.8 Å². The van der Waals surface area contributed by atoms with Crippen molar-refractivity contribution in [3.63, 3.8) is 0 Å². The Balaban J connectivity index is 3.23. The summed E-state index contributed by atoms with van der Waals surface area (Å²) in [4.78, 5) is 0. The fourth-order valence-corrected chi connectivity index (χ4v) is 3.81. The van der Waals surface area contributed by atoms with E-state index in [0.29, 0.717) is 11.4 Å². The molecule has 1 aliphatic heterocycles. The van der Waals surface area contributed by atoms with Gasteiger partial charge in [0.15, 0.2) is 0 Å².